The van der Waals surface area contributed by atoms with Crippen molar-refractivity contribution in [3.63, 3.8) is 0 Å². The molecule has 0 saturated carbocycles. The smallest absolute Gasteiger partial charge is 0.234 e. The van der Waals surface area contributed by atoms with Crippen LogP contribution in [0, 0.1) is 0 Å². The number of hydrogen-bond acceptors (Lipinski definition) is 6. The van der Waals surface area contributed by atoms with Crippen molar-refractivity contribution < 1.29 is 19.0 Å². The van der Waals surface area contributed by atoms with Gasteiger partial charge in [0.1, 0.15) is 0 Å². The molecule has 1 aliphatic heterocycles. The zero-order valence-electron chi connectivity index (χ0n) is 17.7. The lowest BCUT2D eigenvalue weighted by Crippen LogP contribution is -2.38. The molecule has 0 unspecified atom stereocenters. The number of hydrogen-bond donors (Lipinski definition) is 0. The molecule has 1 aliphatic carbocycles. The van der Waals surface area contributed by atoms with Gasteiger partial charge < -0.3 is 14.2 Å². The molecular formula is C24H23N3O4. The summed E-state index contributed by atoms with van der Waals surface area (Å²) in [6.45, 7) is 0. The minimum Gasteiger partial charge on any atom is -0.493 e. The van der Waals surface area contributed by atoms with E-state index in [1.54, 1.807) is 27.5 Å². The highest BCUT2D eigenvalue weighted by molar-refractivity contribution is 6.00. The third-order valence-corrected chi connectivity index (χ3v) is 6.00. The van der Waals surface area contributed by atoms with E-state index < -0.39 is 0 Å². The first-order valence-electron chi connectivity index (χ1n) is 10.2. The molecule has 1 aromatic heterocycles. The second-order valence-electron chi connectivity index (χ2n) is 7.71. The van der Waals surface area contributed by atoms with Gasteiger partial charge in [0.05, 0.1) is 45.3 Å². The summed E-state index contributed by atoms with van der Waals surface area (Å²) in [6.07, 6.45) is 3.64. The predicted molar refractivity (Wildman–Crippen MR) is 116 cm³/mol. The van der Waals surface area contributed by atoms with E-state index >= 15 is 0 Å². The van der Waals surface area contributed by atoms with Gasteiger partial charge in [-0.1, -0.05) is 24.3 Å². The summed E-state index contributed by atoms with van der Waals surface area (Å²) in [7, 11) is 4.72. The predicted octanol–water partition coefficient (Wildman–Crippen LogP) is 3.23. The zero-order chi connectivity index (χ0) is 21.5. The average Bonchev–Trinajstić information content (AvgIpc) is 3.36. The largest absolute Gasteiger partial charge is 0.493 e. The Morgan fingerprint density at radius 1 is 0.968 bits per heavy atom. The molecule has 0 radical (unpaired) electrons. The maximum Gasteiger partial charge on any atom is 0.234 e. The van der Waals surface area contributed by atoms with Crippen molar-refractivity contribution in [2.75, 3.05) is 26.2 Å². The molecule has 0 spiro atoms. The van der Waals surface area contributed by atoms with E-state index in [0.29, 0.717) is 28.8 Å². The summed E-state index contributed by atoms with van der Waals surface area (Å²) in [6, 6.07) is 12.1. The van der Waals surface area contributed by atoms with Crippen molar-refractivity contribution in [1.82, 2.24) is 9.97 Å². The molecule has 5 rings (SSSR count). The van der Waals surface area contributed by atoms with Crippen LogP contribution in [0.4, 0.5) is 5.82 Å². The third kappa shape index (κ3) is 3.17. The number of aromatic nitrogens is 2. The lowest BCUT2D eigenvalue weighted by Gasteiger charge is -2.24. The molecule has 0 fully saturated rings. The number of amides is 1. The van der Waals surface area contributed by atoms with Crippen LogP contribution in [0.15, 0.2) is 42.6 Å². The minimum absolute atomic E-state index is 0.0508. The minimum atomic E-state index is 0.0508. The molecule has 7 nitrogen and oxygen atoms in total. The Balaban J connectivity index is 1.54. The van der Waals surface area contributed by atoms with Gasteiger partial charge in [0, 0.05) is 11.6 Å². The lowest BCUT2D eigenvalue weighted by atomic mass is 10.1. The van der Waals surface area contributed by atoms with Crippen molar-refractivity contribution in [3.05, 3.63) is 59.4 Å². The van der Waals surface area contributed by atoms with Crippen LogP contribution in [0.1, 0.15) is 16.8 Å². The Labute approximate surface area is 180 Å². The molecule has 0 atom stereocenters. The van der Waals surface area contributed by atoms with E-state index in [0.717, 1.165) is 24.1 Å². The molecule has 1 amide bonds. The average molecular weight is 417 g/mol. The van der Waals surface area contributed by atoms with Gasteiger partial charge in [0.25, 0.3) is 0 Å². The fourth-order valence-electron chi connectivity index (χ4n) is 4.53. The number of anilines is 1. The Bertz CT molecular complexity index is 1130. The first kappa shape index (κ1) is 19.4. The van der Waals surface area contributed by atoms with E-state index in [1.165, 1.54) is 11.1 Å². The Morgan fingerprint density at radius 3 is 2.19 bits per heavy atom. The fraction of sp³-hybridized carbons (Fsp3) is 0.292. The highest BCUT2D eigenvalue weighted by atomic mass is 16.5. The van der Waals surface area contributed by atoms with E-state index in [-0.39, 0.29) is 18.4 Å². The molecule has 2 aliphatic rings. The number of nitrogens with zero attached hydrogens (tertiary/aromatic N) is 3. The van der Waals surface area contributed by atoms with Crippen LogP contribution in [-0.2, 0) is 24.1 Å². The summed E-state index contributed by atoms with van der Waals surface area (Å²) in [5, 5.41) is 0. The van der Waals surface area contributed by atoms with Gasteiger partial charge in [0.15, 0.2) is 17.3 Å². The third-order valence-electron chi connectivity index (χ3n) is 6.00. The number of carbonyl (C=O) groups excluding carboxylic acids is 1. The first-order chi connectivity index (χ1) is 15.1. The summed E-state index contributed by atoms with van der Waals surface area (Å²) in [5.41, 5.74) is 4.73. The van der Waals surface area contributed by atoms with E-state index in [4.69, 9.17) is 19.2 Å². The van der Waals surface area contributed by atoms with Crippen molar-refractivity contribution in [1.29, 1.82) is 0 Å². The lowest BCUT2D eigenvalue weighted by molar-refractivity contribution is -0.117. The van der Waals surface area contributed by atoms with Gasteiger partial charge in [0.2, 0.25) is 11.7 Å². The number of fused-ring (bicyclic) bond motifs is 2. The molecule has 31 heavy (non-hydrogen) atoms. The van der Waals surface area contributed by atoms with Crippen molar-refractivity contribution in [2.45, 2.75) is 25.3 Å². The van der Waals surface area contributed by atoms with E-state index in [2.05, 4.69) is 17.1 Å². The van der Waals surface area contributed by atoms with Crippen LogP contribution in [-0.4, -0.2) is 43.2 Å². The Hall–Kier alpha value is -3.61. The van der Waals surface area contributed by atoms with Crippen LogP contribution in [0.3, 0.4) is 0 Å². The van der Waals surface area contributed by atoms with Crippen LogP contribution < -0.4 is 19.1 Å². The van der Waals surface area contributed by atoms with Crippen LogP contribution in [0.2, 0.25) is 0 Å². The Morgan fingerprint density at radius 2 is 1.61 bits per heavy atom. The normalized spacial score (nSPS) is 15.1. The van der Waals surface area contributed by atoms with Crippen molar-refractivity contribution in [3.8, 4) is 28.5 Å². The number of benzene rings is 2. The summed E-state index contributed by atoms with van der Waals surface area (Å²) in [5.74, 6) is 2.30. The molecule has 0 N–H and O–H groups in total. The van der Waals surface area contributed by atoms with Gasteiger partial charge in [-0.05, 0) is 36.1 Å². The van der Waals surface area contributed by atoms with Crippen molar-refractivity contribution in [2.24, 2.45) is 0 Å². The molecule has 0 saturated heterocycles. The van der Waals surface area contributed by atoms with Gasteiger partial charge >= 0.3 is 0 Å². The maximum absolute atomic E-state index is 12.9. The maximum atomic E-state index is 12.9. The van der Waals surface area contributed by atoms with E-state index in [1.807, 2.05) is 29.2 Å². The zero-order valence-corrected chi connectivity index (χ0v) is 17.7. The highest BCUT2D eigenvalue weighted by Crippen LogP contribution is 2.42. The number of rotatable bonds is 5. The summed E-state index contributed by atoms with van der Waals surface area (Å²) < 4.78 is 16.4. The Kier molecular flexibility index (Phi) is 4.73. The molecular weight excluding hydrogens is 394 g/mol. The second kappa shape index (κ2) is 7.58. The first-order valence-corrected chi connectivity index (χ1v) is 10.2. The molecule has 0 bridgehead atoms. The molecule has 7 heteroatoms. The number of ether oxygens (including phenoxy) is 3. The summed E-state index contributed by atoms with van der Waals surface area (Å²) >= 11 is 0. The van der Waals surface area contributed by atoms with E-state index in [9.17, 15) is 4.79 Å². The molecule has 158 valence electrons. The molecule has 2 heterocycles. The monoisotopic (exact) mass is 417 g/mol. The van der Waals surface area contributed by atoms with Crippen LogP contribution in [0.5, 0.6) is 17.2 Å². The molecule has 2 aromatic carbocycles. The fourth-order valence-corrected chi connectivity index (χ4v) is 4.53. The quantitative estimate of drug-likeness (QED) is 0.635. The van der Waals surface area contributed by atoms with Gasteiger partial charge in [-0.15, -0.1) is 0 Å². The topological polar surface area (TPSA) is 73.8 Å². The second-order valence-corrected chi connectivity index (χ2v) is 7.71. The molecule has 3 aromatic rings. The highest BCUT2D eigenvalue weighted by Gasteiger charge is 2.38. The van der Waals surface area contributed by atoms with Crippen LogP contribution in [0.25, 0.3) is 11.3 Å². The summed E-state index contributed by atoms with van der Waals surface area (Å²) in [4.78, 5) is 24.2. The van der Waals surface area contributed by atoms with Crippen LogP contribution >= 0.6 is 0 Å². The SMILES string of the molecule is COc1cc(-c2cnc3c(n2)N(C2Cc4ccccc4C2)C(=O)C3)cc(OC)c1OC. The standard InChI is InChI=1S/C24H23N3O4/c1-29-20-10-16(11-21(30-2)23(20)31-3)19-13-25-18-12-22(28)27(24(18)26-19)17-8-14-6-4-5-7-15(14)9-17/h4-7,10-11,13,17H,8-9,12H2,1-3H3. The van der Waals surface area contributed by atoms with Gasteiger partial charge in [-0.2, -0.15) is 0 Å². The van der Waals surface area contributed by atoms with Gasteiger partial charge in [-0.25, -0.2) is 4.98 Å². The van der Waals surface area contributed by atoms with Gasteiger partial charge in [-0.3, -0.25) is 14.7 Å². The van der Waals surface area contributed by atoms with Crippen molar-refractivity contribution >= 4 is 11.7 Å². The number of carbonyl (C=O) groups is 1. The number of methoxy groups -OCH3 is 3.